The predicted octanol–water partition coefficient (Wildman–Crippen LogP) is 3.72. The number of ether oxygens (including phenoxy) is 1. The molecule has 0 aromatic carbocycles. The van der Waals surface area contributed by atoms with Gasteiger partial charge in [0.1, 0.15) is 9.88 Å². The lowest BCUT2D eigenvalue weighted by Gasteiger charge is -2.25. The molecule has 3 aromatic rings. The first kappa shape index (κ1) is 17.7. The van der Waals surface area contributed by atoms with Gasteiger partial charge >= 0.3 is 0 Å². The Kier molecular flexibility index (Phi) is 5.41. The van der Waals surface area contributed by atoms with Crippen molar-refractivity contribution in [2.75, 3.05) is 31.6 Å². The average Bonchev–Trinajstić information content (AvgIpc) is 3.37. The van der Waals surface area contributed by atoms with Crippen molar-refractivity contribution in [3.63, 3.8) is 0 Å². The number of carbonyl (C=O) groups excluding carboxylic acids is 1. The summed E-state index contributed by atoms with van der Waals surface area (Å²) in [7, 11) is 0. The van der Waals surface area contributed by atoms with Crippen molar-refractivity contribution in [2.24, 2.45) is 0 Å². The molecule has 0 unspecified atom stereocenters. The van der Waals surface area contributed by atoms with Gasteiger partial charge in [0.05, 0.1) is 29.5 Å². The minimum absolute atomic E-state index is 0.143. The van der Waals surface area contributed by atoms with Crippen LogP contribution in [0, 0.1) is 6.92 Å². The van der Waals surface area contributed by atoms with Gasteiger partial charge in [0.25, 0.3) is 5.91 Å². The first-order valence-electron chi connectivity index (χ1n) is 8.26. The molecule has 0 saturated carbocycles. The number of anilines is 1. The van der Waals surface area contributed by atoms with Gasteiger partial charge in [0, 0.05) is 25.0 Å². The van der Waals surface area contributed by atoms with Gasteiger partial charge in [-0.15, -0.1) is 34.0 Å². The second-order valence-electron chi connectivity index (χ2n) is 5.90. The number of aryl methyl sites for hydroxylation is 1. The van der Waals surface area contributed by atoms with Gasteiger partial charge in [-0.1, -0.05) is 6.07 Å². The second kappa shape index (κ2) is 7.93. The van der Waals surface area contributed by atoms with Gasteiger partial charge in [0.2, 0.25) is 0 Å². The van der Waals surface area contributed by atoms with Crippen molar-refractivity contribution in [3.05, 3.63) is 39.2 Å². The Balaban J connectivity index is 1.42. The molecule has 9 heteroatoms. The van der Waals surface area contributed by atoms with Crippen molar-refractivity contribution in [1.29, 1.82) is 0 Å². The van der Waals surface area contributed by atoms with Gasteiger partial charge in [-0.25, -0.2) is 9.97 Å². The van der Waals surface area contributed by atoms with Crippen LogP contribution in [0.1, 0.15) is 21.1 Å². The standard InChI is InChI=1S/C17H18N4O2S3/c1-11-14(26-16(18-11)13-3-2-8-24-13)15(22)20-17-19-12(10-25-17)9-21-4-6-23-7-5-21/h2-3,8,10H,4-7,9H2,1H3,(H,19,20,22). The van der Waals surface area contributed by atoms with Gasteiger partial charge in [0.15, 0.2) is 5.13 Å². The number of hydrogen-bond donors (Lipinski definition) is 1. The van der Waals surface area contributed by atoms with Crippen LogP contribution < -0.4 is 5.32 Å². The molecule has 1 aliphatic rings. The third-order valence-electron chi connectivity index (χ3n) is 4.00. The van der Waals surface area contributed by atoms with Crippen LogP contribution in [-0.2, 0) is 11.3 Å². The molecular weight excluding hydrogens is 388 g/mol. The van der Waals surface area contributed by atoms with E-state index in [2.05, 4.69) is 20.2 Å². The highest BCUT2D eigenvalue weighted by Gasteiger charge is 2.18. The van der Waals surface area contributed by atoms with Crippen LogP contribution in [0.15, 0.2) is 22.9 Å². The summed E-state index contributed by atoms with van der Waals surface area (Å²) in [6.45, 7) is 6.04. The zero-order chi connectivity index (χ0) is 17.9. The van der Waals surface area contributed by atoms with E-state index in [1.165, 1.54) is 22.7 Å². The predicted molar refractivity (Wildman–Crippen MR) is 106 cm³/mol. The van der Waals surface area contributed by atoms with Crippen LogP contribution in [0.3, 0.4) is 0 Å². The number of morpholine rings is 1. The molecule has 1 aliphatic heterocycles. The molecule has 0 aliphatic carbocycles. The first-order valence-corrected chi connectivity index (χ1v) is 10.8. The highest BCUT2D eigenvalue weighted by Crippen LogP contribution is 2.31. The van der Waals surface area contributed by atoms with Gasteiger partial charge in [-0.2, -0.15) is 0 Å². The number of aromatic nitrogens is 2. The summed E-state index contributed by atoms with van der Waals surface area (Å²) in [5.74, 6) is -0.143. The summed E-state index contributed by atoms with van der Waals surface area (Å²) in [5.41, 5.74) is 1.73. The Morgan fingerprint density at radius 1 is 1.31 bits per heavy atom. The maximum absolute atomic E-state index is 12.6. The van der Waals surface area contributed by atoms with Gasteiger partial charge < -0.3 is 4.74 Å². The molecule has 6 nitrogen and oxygen atoms in total. The molecule has 0 radical (unpaired) electrons. The molecule has 0 spiro atoms. The minimum Gasteiger partial charge on any atom is -0.379 e. The lowest BCUT2D eigenvalue weighted by Crippen LogP contribution is -2.35. The summed E-state index contributed by atoms with van der Waals surface area (Å²) in [6.07, 6.45) is 0. The van der Waals surface area contributed by atoms with Crippen LogP contribution in [0.2, 0.25) is 0 Å². The molecule has 0 bridgehead atoms. The smallest absolute Gasteiger partial charge is 0.269 e. The van der Waals surface area contributed by atoms with Crippen LogP contribution in [-0.4, -0.2) is 47.1 Å². The fourth-order valence-corrected chi connectivity index (χ4v) is 5.15. The Labute approximate surface area is 163 Å². The number of carbonyl (C=O) groups is 1. The molecule has 3 aromatic heterocycles. The Hall–Kier alpha value is -1.65. The molecule has 26 heavy (non-hydrogen) atoms. The summed E-state index contributed by atoms with van der Waals surface area (Å²) in [6, 6.07) is 4.01. The summed E-state index contributed by atoms with van der Waals surface area (Å²) in [5, 5.41) is 8.44. The fraction of sp³-hybridized carbons (Fsp3) is 0.353. The summed E-state index contributed by atoms with van der Waals surface area (Å²) < 4.78 is 5.36. The van der Waals surface area contributed by atoms with Crippen LogP contribution in [0.5, 0.6) is 0 Å². The second-order valence-corrected chi connectivity index (χ2v) is 8.70. The molecule has 1 saturated heterocycles. The van der Waals surface area contributed by atoms with E-state index in [-0.39, 0.29) is 5.91 Å². The van der Waals surface area contributed by atoms with E-state index in [1.54, 1.807) is 11.3 Å². The zero-order valence-electron chi connectivity index (χ0n) is 14.2. The Bertz CT molecular complexity index is 882. The molecule has 136 valence electrons. The maximum Gasteiger partial charge on any atom is 0.269 e. The highest BCUT2D eigenvalue weighted by molar-refractivity contribution is 7.22. The summed E-state index contributed by atoms with van der Waals surface area (Å²) >= 11 is 4.50. The van der Waals surface area contributed by atoms with Crippen molar-refractivity contribution < 1.29 is 9.53 Å². The molecule has 1 fully saturated rings. The van der Waals surface area contributed by atoms with E-state index in [1.807, 2.05) is 29.8 Å². The lowest BCUT2D eigenvalue weighted by molar-refractivity contribution is 0.0337. The lowest BCUT2D eigenvalue weighted by atomic mass is 10.3. The van der Waals surface area contributed by atoms with Crippen LogP contribution in [0.4, 0.5) is 5.13 Å². The monoisotopic (exact) mass is 406 g/mol. The van der Waals surface area contributed by atoms with E-state index >= 15 is 0 Å². The third-order valence-corrected chi connectivity index (χ3v) is 7.00. The molecule has 0 atom stereocenters. The van der Waals surface area contributed by atoms with Crippen molar-refractivity contribution in [1.82, 2.24) is 14.9 Å². The topological polar surface area (TPSA) is 67.4 Å². The normalized spacial score (nSPS) is 15.3. The van der Waals surface area contributed by atoms with E-state index in [4.69, 9.17) is 4.74 Å². The minimum atomic E-state index is -0.143. The first-order chi connectivity index (χ1) is 12.7. The van der Waals surface area contributed by atoms with Gasteiger partial charge in [-0.05, 0) is 18.4 Å². The van der Waals surface area contributed by atoms with Crippen molar-refractivity contribution in [3.8, 4) is 9.88 Å². The number of rotatable bonds is 5. The van der Waals surface area contributed by atoms with Crippen molar-refractivity contribution in [2.45, 2.75) is 13.5 Å². The van der Waals surface area contributed by atoms with E-state index in [9.17, 15) is 4.79 Å². The molecule has 1 N–H and O–H groups in total. The van der Waals surface area contributed by atoms with Crippen LogP contribution in [0.25, 0.3) is 9.88 Å². The molecular formula is C17H18N4O2S3. The van der Waals surface area contributed by atoms with Crippen molar-refractivity contribution >= 4 is 45.0 Å². The number of amides is 1. The number of thiophene rings is 1. The number of nitrogens with one attached hydrogen (secondary N) is 1. The highest BCUT2D eigenvalue weighted by atomic mass is 32.1. The molecule has 1 amide bonds. The fourth-order valence-electron chi connectivity index (χ4n) is 2.69. The number of thiazole rings is 2. The number of hydrogen-bond acceptors (Lipinski definition) is 8. The largest absolute Gasteiger partial charge is 0.379 e. The van der Waals surface area contributed by atoms with E-state index < -0.39 is 0 Å². The SMILES string of the molecule is Cc1nc(-c2cccs2)sc1C(=O)Nc1nc(CN2CCOCC2)cs1. The van der Waals surface area contributed by atoms with Gasteiger partial charge in [-0.3, -0.25) is 15.0 Å². The quantitative estimate of drug-likeness (QED) is 0.699. The zero-order valence-corrected chi connectivity index (χ0v) is 16.7. The summed E-state index contributed by atoms with van der Waals surface area (Å²) in [4.78, 5) is 25.7. The molecule has 4 heterocycles. The van der Waals surface area contributed by atoms with Crippen LogP contribution >= 0.6 is 34.0 Å². The average molecular weight is 407 g/mol. The Morgan fingerprint density at radius 3 is 2.92 bits per heavy atom. The molecule has 4 rings (SSSR count). The van der Waals surface area contributed by atoms with E-state index in [0.717, 1.165) is 54.1 Å². The van der Waals surface area contributed by atoms with E-state index in [0.29, 0.717) is 10.0 Å². The maximum atomic E-state index is 12.6. The number of nitrogens with zero attached hydrogens (tertiary/aromatic N) is 3. The Morgan fingerprint density at radius 2 is 2.15 bits per heavy atom. The third kappa shape index (κ3) is 4.02.